The zero-order chi connectivity index (χ0) is 28.8. The first-order chi connectivity index (χ1) is 19.0. The second-order valence-electron chi connectivity index (χ2n) is 12.2. The van der Waals surface area contributed by atoms with E-state index in [4.69, 9.17) is 9.47 Å². The molecule has 0 N–H and O–H groups in total. The zero-order valence-corrected chi connectivity index (χ0v) is 25.9. The number of fused-ring (bicyclic) bond motifs is 4. The van der Waals surface area contributed by atoms with Gasteiger partial charge < -0.3 is 14.4 Å². The van der Waals surface area contributed by atoms with Crippen LogP contribution in [0, 0.1) is 17.3 Å². The van der Waals surface area contributed by atoms with Crippen LogP contribution in [0.3, 0.4) is 0 Å². The molecule has 1 aromatic rings. The molecule has 5 atom stereocenters. The van der Waals surface area contributed by atoms with Gasteiger partial charge in [-0.05, 0) is 85.3 Å². The monoisotopic (exact) mass is 659 g/mol. The number of ether oxygens (including phenoxy) is 2. The van der Waals surface area contributed by atoms with Crippen LogP contribution in [0.4, 0.5) is 5.69 Å². The van der Waals surface area contributed by atoms with Crippen molar-refractivity contribution >= 4 is 51.8 Å². The molecule has 0 heterocycles. The molecule has 5 rings (SSSR count). The summed E-state index contributed by atoms with van der Waals surface area (Å²) >= 11 is 1.91. The van der Waals surface area contributed by atoms with Crippen LogP contribution >= 0.6 is 22.6 Å². The van der Waals surface area contributed by atoms with Gasteiger partial charge in [0.2, 0.25) is 5.78 Å². The van der Waals surface area contributed by atoms with Crippen molar-refractivity contribution in [3.05, 3.63) is 52.6 Å². The topological polar surface area (TPSA) is 90.0 Å². The van der Waals surface area contributed by atoms with Crippen LogP contribution in [0.1, 0.15) is 70.3 Å². The Labute approximate surface area is 249 Å². The maximum Gasteiger partial charge on any atom is 0.316 e. The van der Waals surface area contributed by atoms with Gasteiger partial charge in [-0.2, -0.15) is 0 Å². The molecule has 0 unspecified atom stereocenters. The third-order valence-corrected chi connectivity index (χ3v) is 10.5. The highest BCUT2D eigenvalue weighted by atomic mass is 127. The van der Waals surface area contributed by atoms with Crippen molar-refractivity contribution in [2.45, 2.75) is 70.3 Å². The molecule has 0 spiro atoms. The summed E-state index contributed by atoms with van der Waals surface area (Å²) in [6.45, 7) is 3.07. The number of hydrogen-bond donors (Lipinski definition) is 0. The number of benzene rings is 1. The third kappa shape index (κ3) is 4.84. The Hall–Kier alpha value is -2.49. The summed E-state index contributed by atoms with van der Waals surface area (Å²) in [6.07, 6.45) is 6.68. The maximum absolute atomic E-state index is 13.9. The molecule has 0 aromatic heterocycles. The Balaban J connectivity index is 1.64. The predicted molar refractivity (Wildman–Crippen MR) is 160 cm³/mol. The number of anilines is 1. The van der Waals surface area contributed by atoms with E-state index >= 15 is 0 Å². The molecular weight excluding hydrogens is 621 g/mol. The first-order valence-corrected chi connectivity index (χ1v) is 15.7. The highest BCUT2D eigenvalue weighted by Gasteiger charge is 2.68. The van der Waals surface area contributed by atoms with Gasteiger partial charge in [-0.25, -0.2) is 0 Å². The Morgan fingerprint density at radius 2 is 1.80 bits per heavy atom. The molecule has 2 fully saturated rings. The number of halogens is 1. The fourth-order valence-electron chi connectivity index (χ4n) is 8.18. The molecule has 0 amide bonds. The largest absolute Gasteiger partial charge is 0.457 e. The first kappa shape index (κ1) is 29.0. The van der Waals surface area contributed by atoms with Crippen molar-refractivity contribution < 1.29 is 28.7 Å². The number of nitrogens with zero attached hydrogens (tertiary/aromatic N) is 1. The van der Waals surface area contributed by atoms with Crippen LogP contribution in [-0.4, -0.2) is 54.2 Å². The summed E-state index contributed by atoms with van der Waals surface area (Å²) in [7, 11) is 4.03. The van der Waals surface area contributed by atoms with Crippen molar-refractivity contribution in [1.82, 2.24) is 0 Å². The number of ketones is 2. The van der Waals surface area contributed by atoms with Crippen molar-refractivity contribution in [3.63, 3.8) is 0 Å². The molecule has 2 saturated carbocycles. The highest BCUT2D eigenvalue weighted by molar-refractivity contribution is 14.1. The fraction of sp³-hybridized carbons (Fsp3) is 0.562. The fourth-order valence-corrected chi connectivity index (χ4v) is 8.40. The standard InChI is InChI=1S/C32H38INO6/c1-19(35)40-32(28(37)18-39-29(38)17-33)14-13-27-25-11-7-21-15-23(36)10-12-24(21)30(25)26(16-31(27,32)2)20-5-8-22(9-6-20)34(3)4/h5-6,8-9,15,25-27H,7,10-14,16-18H2,1-4H3/t25-,26+,27-,31-,32-/m0/s1. The number of hydrogen-bond acceptors (Lipinski definition) is 7. The van der Waals surface area contributed by atoms with Gasteiger partial charge in [0.15, 0.2) is 18.0 Å². The number of carbonyl (C=O) groups excluding carboxylic acids is 4. The van der Waals surface area contributed by atoms with E-state index in [1.807, 2.05) is 42.8 Å². The molecule has 1 aromatic carbocycles. The molecule has 0 bridgehead atoms. The lowest BCUT2D eigenvalue weighted by Gasteiger charge is -2.55. The third-order valence-electron chi connectivity index (χ3n) is 9.91. The average molecular weight is 660 g/mol. The van der Waals surface area contributed by atoms with Crippen LogP contribution in [0.2, 0.25) is 0 Å². The van der Waals surface area contributed by atoms with Crippen molar-refractivity contribution in [1.29, 1.82) is 0 Å². The molecular formula is C32H38INO6. The normalized spacial score (nSPS) is 31.0. The SMILES string of the molecule is CC(=O)O[C@]1(C(=O)COC(=O)CI)CC[C@H]2[C@@H]3CCC4=CC(=O)CCC4=C3[C@@H](c3ccc(N(C)C)cc3)C[C@@]21C. The van der Waals surface area contributed by atoms with Gasteiger partial charge >= 0.3 is 11.9 Å². The van der Waals surface area contributed by atoms with E-state index in [9.17, 15) is 19.2 Å². The second kappa shape index (κ2) is 11.1. The van der Waals surface area contributed by atoms with Gasteiger partial charge in [0.1, 0.15) is 0 Å². The summed E-state index contributed by atoms with van der Waals surface area (Å²) in [6, 6.07) is 8.59. The molecule has 4 aliphatic rings. The van der Waals surface area contributed by atoms with E-state index < -0.39 is 29.6 Å². The van der Waals surface area contributed by atoms with Crippen LogP contribution in [0.25, 0.3) is 0 Å². The number of esters is 2. The first-order valence-electron chi connectivity index (χ1n) is 14.2. The number of Topliss-reactive ketones (excluding diaryl/α,β-unsaturated/α-hetero) is 1. The quantitative estimate of drug-likeness (QED) is 0.217. The Morgan fingerprint density at radius 1 is 1.07 bits per heavy atom. The van der Waals surface area contributed by atoms with E-state index in [0.29, 0.717) is 19.3 Å². The van der Waals surface area contributed by atoms with Crippen molar-refractivity contribution in [3.8, 4) is 0 Å². The lowest BCUT2D eigenvalue weighted by molar-refractivity contribution is -0.186. The number of carbonyl (C=O) groups is 4. The van der Waals surface area contributed by atoms with Crippen LogP contribution in [-0.2, 0) is 28.7 Å². The number of allylic oxidation sites excluding steroid dienone is 4. The minimum atomic E-state index is -1.36. The van der Waals surface area contributed by atoms with Gasteiger partial charge in [0, 0.05) is 44.5 Å². The number of rotatable bonds is 7. The molecule has 214 valence electrons. The Morgan fingerprint density at radius 3 is 2.45 bits per heavy atom. The Bertz CT molecular complexity index is 1300. The molecule has 8 heteroatoms. The van der Waals surface area contributed by atoms with Gasteiger partial charge in [-0.3, -0.25) is 19.2 Å². The lowest BCUT2D eigenvalue weighted by Crippen LogP contribution is -2.58. The van der Waals surface area contributed by atoms with E-state index in [1.54, 1.807) is 0 Å². The molecule has 7 nitrogen and oxygen atoms in total. The van der Waals surface area contributed by atoms with Crippen molar-refractivity contribution in [2.75, 3.05) is 30.0 Å². The molecule has 40 heavy (non-hydrogen) atoms. The average Bonchev–Trinajstić information content (AvgIpc) is 3.22. The van der Waals surface area contributed by atoms with Gasteiger partial charge in [-0.15, -0.1) is 0 Å². The van der Waals surface area contributed by atoms with Crippen LogP contribution in [0.15, 0.2) is 47.1 Å². The molecule has 0 radical (unpaired) electrons. The molecule has 4 aliphatic carbocycles. The minimum Gasteiger partial charge on any atom is -0.457 e. The highest BCUT2D eigenvalue weighted by Crippen LogP contribution is 2.67. The smallest absolute Gasteiger partial charge is 0.316 e. The molecule has 0 saturated heterocycles. The van der Waals surface area contributed by atoms with E-state index in [-0.39, 0.29) is 33.7 Å². The minimum absolute atomic E-state index is 0.0205. The van der Waals surface area contributed by atoms with Crippen molar-refractivity contribution in [2.24, 2.45) is 17.3 Å². The number of alkyl halides is 1. The summed E-state index contributed by atoms with van der Waals surface area (Å²) < 4.78 is 11.5. The van der Waals surface area contributed by atoms with Gasteiger partial charge in [0.05, 0.1) is 4.43 Å². The zero-order valence-electron chi connectivity index (χ0n) is 23.8. The van der Waals surface area contributed by atoms with Gasteiger partial charge in [0.25, 0.3) is 0 Å². The predicted octanol–water partition coefficient (Wildman–Crippen LogP) is 5.50. The van der Waals surface area contributed by atoms with Gasteiger partial charge in [-0.1, -0.05) is 47.2 Å². The summed E-state index contributed by atoms with van der Waals surface area (Å²) in [4.78, 5) is 52.8. The summed E-state index contributed by atoms with van der Waals surface area (Å²) in [5.74, 6) is -0.706. The lowest BCUT2D eigenvalue weighted by atomic mass is 9.50. The summed E-state index contributed by atoms with van der Waals surface area (Å²) in [5.41, 5.74) is 4.19. The van der Waals surface area contributed by atoms with Crippen LogP contribution in [0.5, 0.6) is 0 Å². The van der Waals surface area contributed by atoms with E-state index in [0.717, 1.165) is 31.4 Å². The molecule has 0 aliphatic heterocycles. The van der Waals surface area contributed by atoms with E-state index in [1.165, 1.54) is 29.2 Å². The van der Waals surface area contributed by atoms with E-state index in [2.05, 4.69) is 36.1 Å². The Kier molecular flexibility index (Phi) is 8.03. The maximum atomic E-state index is 13.9. The second-order valence-corrected chi connectivity index (χ2v) is 12.9. The van der Waals surface area contributed by atoms with Crippen LogP contribution < -0.4 is 4.90 Å². The summed E-state index contributed by atoms with van der Waals surface area (Å²) in [5, 5.41) is 0.